The molecule has 1 aliphatic carbocycles. The fourth-order valence-electron chi connectivity index (χ4n) is 4.12. The number of nitrogens with zero attached hydrogens (tertiary/aromatic N) is 1. The molecule has 2 unspecified atom stereocenters. The molecule has 1 amide bonds. The first-order chi connectivity index (χ1) is 15.9. The summed E-state index contributed by atoms with van der Waals surface area (Å²) in [6.45, 7) is 4.16. The van der Waals surface area contributed by atoms with Crippen molar-refractivity contribution in [1.29, 1.82) is 0 Å². The largest absolute Gasteiger partial charge is 0.428 e. The Morgan fingerprint density at radius 2 is 1.94 bits per heavy atom. The van der Waals surface area contributed by atoms with Gasteiger partial charge in [0, 0.05) is 6.04 Å². The summed E-state index contributed by atoms with van der Waals surface area (Å²) < 4.78 is 19.5. The summed E-state index contributed by atoms with van der Waals surface area (Å²) in [7, 11) is 0. The SMILES string of the molecule is CC1C=CC(CCCCC(C)NC(=O)n2c(=O)oc3cc(-c4ccc(F)cc4)ccc32)=CC1. The second kappa shape index (κ2) is 10.0. The van der Waals surface area contributed by atoms with E-state index in [1.165, 1.54) is 17.7 Å². The van der Waals surface area contributed by atoms with Crippen LogP contribution in [0.2, 0.25) is 0 Å². The summed E-state index contributed by atoms with van der Waals surface area (Å²) in [6, 6.07) is 10.6. The third kappa shape index (κ3) is 5.51. The number of rotatable bonds is 7. The molecule has 1 aliphatic rings. The van der Waals surface area contributed by atoms with Gasteiger partial charge in [0.05, 0.1) is 5.52 Å². The number of hydrogen-bond acceptors (Lipinski definition) is 3. The number of nitrogens with one attached hydrogen (secondary N) is 1. The summed E-state index contributed by atoms with van der Waals surface area (Å²) in [5.74, 6) is -0.419. The molecule has 3 aromatic rings. The van der Waals surface area contributed by atoms with E-state index in [-0.39, 0.29) is 11.9 Å². The fourth-order valence-corrected chi connectivity index (χ4v) is 4.12. The minimum Gasteiger partial charge on any atom is -0.407 e. The Labute approximate surface area is 192 Å². The van der Waals surface area contributed by atoms with Crippen LogP contribution in [0, 0.1) is 11.7 Å². The van der Waals surface area contributed by atoms with Gasteiger partial charge in [-0.3, -0.25) is 0 Å². The molecule has 0 saturated carbocycles. The van der Waals surface area contributed by atoms with Gasteiger partial charge in [-0.25, -0.2) is 14.0 Å². The van der Waals surface area contributed by atoms with Crippen molar-refractivity contribution in [2.75, 3.05) is 0 Å². The summed E-state index contributed by atoms with van der Waals surface area (Å²) in [6.07, 6.45) is 11.8. The maximum Gasteiger partial charge on any atom is 0.428 e. The Bertz CT molecular complexity index is 1250. The molecule has 2 aromatic carbocycles. The van der Waals surface area contributed by atoms with Gasteiger partial charge in [-0.15, -0.1) is 0 Å². The fraction of sp³-hybridized carbons (Fsp3) is 0.333. The van der Waals surface area contributed by atoms with Gasteiger partial charge >= 0.3 is 11.8 Å². The number of fused-ring (bicyclic) bond motifs is 1. The quantitative estimate of drug-likeness (QED) is 0.424. The second-order valence-electron chi connectivity index (χ2n) is 8.84. The molecule has 172 valence electrons. The van der Waals surface area contributed by atoms with Crippen molar-refractivity contribution in [1.82, 2.24) is 9.88 Å². The van der Waals surface area contributed by atoms with Crippen molar-refractivity contribution in [3.8, 4) is 11.1 Å². The van der Waals surface area contributed by atoms with Gasteiger partial charge in [0.15, 0.2) is 5.58 Å². The molecule has 0 saturated heterocycles. The second-order valence-corrected chi connectivity index (χ2v) is 8.84. The first-order valence-corrected chi connectivity index (χ1v) is 11.5. The van der Waals surface area contributed by atoms with Crippen LogP contribution < -0.4 is 11.1 Å². The van der Waals surface area contributed by atoms with Crippen molar-refractivity contribution >= 4 is 17.1 Å². The topological polar surface area (TPSA) is 64.2 Å². The number of unbranched alkanes of at least 4 members (excludes halogenated alkanes) is 1. The van der Waals surface area contributed by atoms with Gasteiger partial charge in [-0.2, -0.15) is 4.57 Å². The number of oxazole rings is 1. The molecule has 1 N–H and O–H groups in total. The molecule has 6 heteroatoms. The van der Waals surface area contributed by atoms with E-state index < -0.39 is 11.8 Å². The lowest BCUT2D eigenvalue weighted by molar-refractivity contribution is 0.237. The van der Waals surface area contributed by atoms with Crippen LogP contribution in [0.25, 0.3) is 22.2 Å². The molecule has 2 atom stereocenters. The lowest BCUT2D eigenvalue weighted by atomic mass is 9.95. The molecule has 0 radical (unpaired) electrons. The highest BCUT2D eigenvalue weighted by Crippen LogP contribution is 2.24. The van der Waals surface area contributed by atoms with E-state index in [1.807, 2.05) is 6.92 Å². The Balaban J connectivity index is 1.36. The standard InChI is InChI=1S/C27H29FN2O3/c1-18-7-9-20(10-8-18)6-4-3-5-19(2)29-26(31)30-24-16-13-22(17-25(24)33-27(30)32)21-11-14-23(28)15-12-21/h7,9-19H,3-6,8H2,1-2H3,(H,29,31). The normalized spacial score (nSPS) is 16.6. The van der Waals surface area contributed by atoms with Crippen LogP contribution >= 0.6 is 0 Å². The van der Waals surface area contributed by atoms with E-state index in [0.29, 0.717) is 17.0 Å². The number of aromatic nitrogens is 1. The zero-order chi connectivity index (χ0) is 23.4. The smallest absolute Gasteiger partial charge is 0.407 e. The number of benzene rings is 2. The van der Waals surface area contributed by atoms with Crippen LogP contribution in [0.3, 0.4) is 0 Å². The molecule has 1 heterocycles. The Morgan fingerprint density at radius 3 is 2.67 bits per heavy atom. The van der Waals surface area contributed by atoms with Gasteiger partial charge in [0.2, 0.25) is 0 Å². The molecule has 0 spiro atoms. The molecule has 5 nitrogen and oxygen atoms in total. The summed E-state index contributed by atoms with van der Waals surface area (Å²) in [5, 5.41) is 2.91. The van der Waals surface area contributed by atoms with Crippen LogP contribution in [0.1, 0.15) is 46.0 Å². The van der Waals surface area contributed by atoms with Gasteiger partial charge < -0.3 is 9.73 Å². The van der Waals surface area contributed by atoms with Gasteiger partial charge in [0.25, 0.3) is 0 Å². The lowest BCUT2D eigenvalue weighted by Crippen LogP contribution is -2.39. The van der Waals surface area contributed by atoms with E-state index in [0.717, 1.165) is 47.8 Å². The van der Waals surface area contributed by atoms with Crippen LogP contribution in [-0.2, 0) is 0 Å². The van der Waals surface area contributed by atoms with Gasteiger partial charge in [-0.1, -0.05) is 55.3 Å². The molecule has 4 rings (SSSR count). The molecular weight excluding hydrogens is 419 g/mol. The van der Waals surface area contributed by atoms with Gasteiger partial charge in [0.1, 0.15) is 5.82 Å². The Hall–Kier alpha value is -3.41. The Morgan fingerprint density at radius 1 is 1.18 bits per heavy atom. The highest BCUT2D eigenvalue weighted by molar-refractivity contribution is 5.90. The Kier molecular flexibility index (Phi) is 6.92. The highest BCUT2D eigenvalue weighted by Gasteiger charge is 2.18. The first-order valence-electron chi connectivity index (χ1n) is 11.5. The number of hydrogen-bond donors (Lipinski definition) is 1. The van der Waals surface area contributed by atoms with E-state index in [1.54, 1.807) is 30.3 Å². The maximum atomic E-state index is 13.2. The molecule has 0 fully saturated rings. The number of amides is 1. The van der Waals surface area contributed by atoms with Crippen LogP contribution in [-0.4, -0.2) is 16.6 Å². The minimum absolute atomic E-state index is 0.0660. The lowest BCUT2D eigenvalue weighted by Gasteiger charge is -2.15. The van der Waals surface area contributed by atoms with Crippen LogP contribution in [0.4, 0.5) is 9.18 Å². The van der Waals surface area contributed by atoms with Crippen molar-refractivity contribution in [2.24, 2.45) is 5.92 Å². The average Bonchev–Trinajstić information content (AvgIpc) is 3.13. The first kappa shape index (κ1) is 22.8. The zero-order valence-corrected chi connectivity index (χ0v) is 19.0. The molecule has 0 bridgehead atoms. The third-order valence-electron chi connectivity index (χ3n) is 6.07. The monoisotopic (exact) mass is 448 g/mol. The van der Waals surface area contributed by atoms with E-state index in [2.05, 4.69) is 30.5 Å². The molecule has 0 aliphatic heterocycles. The molecular formula is C27H29FN2O3. The van der Waals surface area contributed by atoms with E-state index in [4.69, 9.17) is 4.42 Å². The third-order valence-corrected chi connectivity index (χ3v) is 6.07. The van der Waals surface area contributed by atoms with Crippen molar-refractivity contribution in [2.45, 2.75) is 52.0 Å². The van der Waals surface area contributed by atoms with Crippen LogP contribution in [0.15, 0.2) is 75.5 Å². The minimum atomic E-state index is -0.726. The van der Waals surface area contributed by atoms with Crippen molar-refractivity contribution in [3.63, 3.8) is 0 Å². The predicted molar refractivity (Wildman–Crippen MR) is 129 cm³/mol. The highest BCUT2D eigenvalue weighted by atomic mass is 19.1. The van der Waals surface area contributed by atoms with E-state index in [9.17, 15) is 14.0 Å². The van der Waals surface area contributed by atoms with Crippen molar-refractivity contribution in [3.05, 3.63) is 82.6 Å². The van der Waals surface area contributed by atoms with Crippen LogP contribution in [0.5, 0.6) is 0 Å². The maximum absolute atomic E-state index is 13.2. The van der Waals surface area contributed by atoms with Gasteiger partial charge in [-0.05, 0) is 73.9 Å². The summed E-state index contributed by atoms with van der Waals surface area (Å²) in [5.41, 5.74) is 3.67. The van der Waals surface area contributed by atoms with Crippen molar-refractivity contribution < 1.29 is 13.6 Å². The number of halogens is 1. The average molecular weight is 449 g/mol. The number of carbonyl (C=O) groups excluding carboxylic acids is 1. The molecule has 1 aromatic heterocycles. The number of carbonyl (C=O) groups is 1. The summed E-state index contributed by atoms with van der Waals surface area (Å²) >= 11 is 0. The van der Waals surface area contributed by atoms with E-state index >= 15 is 0 Å². The molecule has 33 heavy (non-hydrogen) atoms. The zero-order valence-electron chi connectivity index (χ0n) is 19.0. The summed E-state index contributed by atoms with van der Waals surface area (Å²) in [4.78, 5) is 25.2. The number of allylic oxidation sites excluding steroid dienone is 4. The predicted octanol–water partition coefficient (Wildman–Crippen LogP) is 6.43.